The van der Waals surface area contributed by atoms with Crippen molar-refractivity contribution in [2.24, 2.45) is 5.92 Å². The zero-order valence-electron chi connectivity index (χ0n) is 13.4. The van der Waals surface area contributed by atoms with E-state index < -0.39 is 17.5 Å². The minimum atomic E-state index is -1.37. The lowest BCUT2D eigenvalue weighted by Gasteiger charge is -2.27. The van der Waals surface area contributed by atoms with Crippen molar-refractivity contribution in [2.75, 3.05) is 0 Å². The summed E-state index contributed by atoms with van der Waals surface area (Å²) in [7, 11) is 0. The Hall–Kier alpha value is -0.990. The molecule has 1 rings (SSSR count). The molecule has 1 aromatic rings. The third kappa shape index (κ3) is 5.05. The fraction of sp³-hybridized carbons (Fsp3) is 0.667. The third-order valence-corrected chi connectivity index (χ3v) is 4.28. The first-order valence-electron chi connectivity index (χ1n) is 8.19. The van der Waals surface area contributed by atoms with E-state index in [4.69, 9.17) is 0 Å². The Bertz CT molecular complexity index is 405. The summed E-state index contributed by atoms with van der Waals surface area (Å²) in [6.45, 7) is 6.33. The summed E-state index contributed by atoms with van der Waals surface area (Å²) < 4.78 is 40.1. The van der Waals surface area contributed by atoms with Gasteiger partial charge in [-0.15, -0.1) is 0 Å². The van der Waals surface area contributed by atoms with E-state index in [9.17, 15) is 13.2 Å². The van der Waals surface area contributed by atoms with Gasteiger partial charge in [-0.05, 0) is 42.4 Å². The molecule has 0 radical (unpaired) electrons. The van der Waals surface area contributed by atoms with Crippen LogP contribution in [0.15, 0.2) is 12.1 Å². The number of hydrogen-bond acceptors (Lipinski definition) is 0. The van der Waals surface area contributed by atoms with Gasteiger partial charge in [0.25, 0.3) is 0 Å². The van der Waals surface area contributed by atoms with E-state index in [1.807, 2.05) is 6.92 Å². The number of benzene rings is 1. The van der Waals surface area contributed by atoms with E-state index in [1.54, 1.807) is 0 Å². The molecule has 0 fully saturated rings. The third-order valence-electron chi connectivity index (χ3n) is 4.28. The lowest BCUT2D eigenvalue weighted by atomic mass is 9.78. The summed E-state index contributed by atoms with van der Waals surface area (Å²) in [6.07, 6.45) is 7.48. The average Bonchev–Trinajstić information content (AvgIpc) is 2.45. The van der Waals surface area contributed by atoms with Crippen molar-refractivity contribution in [3.63, 3.8) is 0 Å². The smallest absolute Gasteiger partial charge is 0.194 e. The molecule has 0 bridgehead atoms. The normalized spacial score (nSPS) is 14.2. The van der Waals surface area contributed by atoms with Crippen molar-refractivity contribution < 1.29 is 13.2 Å². The predicted molar refractivity (Wildman–Crippen MR) is 81.9 cm³/mol. The Morgan fingerprint density at radius 2 is 1.48 bits per heavy atom. The fourth-order valence-corrected chi connectivity index (χ4v) is 3.20. The van der Waals surface area contributed by atoms with Gasteiger partial charge in [0.15, 0.2) is 17.5 Å². The van der Waals surface area contributed by atoms with Crippen LogP contribution in [0.5, 0.6) is 0 Å². The number of halogens is 3. The molecular formula is C18H27F3. The van der Waals surface area contributed by atoms with Gasteiger partial charge in [0.05, 0.1) is 0 Å². The first-order chi connectivity index (χ1) is 10.0. The fourth-order valence-electron chi connectivity index (χ4n) is 3.20. The van der Waals surface area contributed by atoms with E-state index in [0.29, 0.717) is 11.5 Å². The molecule has 0 nitrogen and oxygen atoms in total. The van der Waals surface area contributed by atoms with Crippen LogP contribution in [0.3, 0.4) is 0 Å². The van der Waals surface area contributed by atoms with Gasteiger partial charge < -0.3 is 0 Å². The summed E-state index contributed by atoms with van der Waals surface area (Å²) in [5.74, 6) is -3.01. The number of unbranched alkanes of at least 4 members (excludes halogenated alkanes) is 2. The predicted octanol–water partition coefficient (Wildman–Crippen LogP) is 6.59. The van der Waals surface area contributed by atoms with Gasteiger partial charge in [-0.1, -0.05) is 52.9 Å². The quantitative estimate of drug-likeness (QED) is 0.356. The summed E-state index contributed by atoms with van der Waals surface area (Å²) in [5, 5.41) is 0. The van der Waals surface area contributed by atoms with Gasteiger partial charge >= 0.3 is 0 Å². The highest BCUT2D eigenvalue weighted by atomic mass is 19.2. The maximum atomic E-state index is 13.5. The minimum Gasteiger partial charge on any atom is -0.204 e. The summed E-state index contributed by atoms with van der Waals surface area (Å²) in [6, 6.07) is 2.35. The van der Waals surface area contributed by atoms with Gasteiger partial charge in [0, 0.05) is 0 Å². The molecule has 2 unspecified atom stereocenters. The Kier molecular flexibility index (Phi) is 7.84. The van der Waals surface area contributed by atoms with Crippen LogP contribution in [0, 0.1) is 23.4 Å². The summed E-state index contributed by atoms with van der Waals surface area (Å²) in [4.78, 5) is 0. The highest BCUT2D eigenvalue weighted by molar-refractivity contribution is 5.23. The molecule has 0 saturated carbocycles. The van der Waals surface area contributed by atoms with Crippen LogP contribution < -0.4 is 0 Å². The zero-order valence-corrected chi connectivity index (χ0v) is 13.4. The van der Waals surface area contributed by atoms with E-state index >= 15 is 0 Å². The molecule has 0 N–H and O–H groups in total. The van der Waals surface area contributed by atoms with Crippen LogP contribution in [0.4, 0.5) is 13.2 Å². The molecule has 0 saturated heterocycles. The second-order valence-corrected chi connectivity index (χ2v) is 5.86. The van der Waals surface area contributed by atoms with Crippen molar-refractivity contribution in [3.05, 3.63) is 35.1 Å². The highest BCUT2D eigenvalue weighted by Crippen LogP contribution is 2.35. The van der Waals surface area contributed by atoms with Gasteiger partial charge in [-0.3, -0.25) is 0 Å². The zero-order chi connectivity index (χ0) is 15.8. The molecule has 0 heterocycles. The van der Waals surface area contributed by atoms with Crippen LogP contribution in [0.25, 0.3) is 0 Å². The van der Waals surface area contributed by atoms with E-state index in [0.717, 1.165) is 38.5 Å². The molecule has 0 spiro atoms. The van der Waals surface area contributed by atoms with Gasteiger partial charge in [0.1, 0.15) is 0 Å². The summed E-state index contributed by atoms with van der Waals surface area (Å²) in [5.41, 5.74) is 0.601. The van der Waals surface area contributed by atoms with Crippen molar-refractivity contribution in [3.8, 4) is 0 Å². The average molecular weight is 300 g/mol. The lowest BCUT2D eigenvalue weighted by molar-refractivity contribution is 0.342. The van der Waals surface area contributed by atoms with E-state index in [-0.39, 0.29) is 5.92 Å². The van der Waals surface area contributed by atoms with E-state index in [1.165, 1.54) is 18.6 Å². The second kappa shape index (κ2) is 9.11. The molecule has 0 amide bonds. The molecule has 0 aliphatic heterocycles. The van der Waals surface area contributed by atoms with Gasteiger partial charge in [-0.25, -0.2) is 13.2 Å². The molecule has 21 heavy (non-hydrogen) atoms. The standard InChI is InChI=1S/C18H27F3/c1-4-7-8-10-13(9-5-2)15(6-3)14-11-16(19)18(21)17(20)12-14/h11-13,15H,4-10H2,1-3H3. The topological polar surface area (TPSA) is 0 Å². The Labute approximate surface area is 126 Å². The highest BCUT2D eigenvalue weighted by Gasteiger charge is 2.23. The minimum absolute atomic E-state index is 0.103. The molecule has 0 aliphatic carbocycles. The molecule has 0 aromatic heterocycles. The molecule has 1 aromatic carbocycles. The van der Waals surface area contributed by atoms with Crippen molar-refractivity contribution in [2.45, 2.75) is 71.6 Å². The Morgan fingerprint density at radius 3 is 1.95 bits per heavy atom. The second-order valence-electron chi connectivity index (χ2n) is 5.86. The van der Waals surface area contributed by atoms with Gasteiger partial charge in [0.2, 0.25) is 0 Å². The Balaban J connectivity index is 2.96. The number of rotatable bonds is 9. The molecule has 120 valence electrons. The molecule has 2 atom stereocenters. The van der Waals surface area contributed by atoms with Crippen LogP contribution in [-0.2, 0) is 0 Å². The first kappa shape index (κ1) is 18.1. The Morgan fingerprint density at radius 1 is 0.857 bits per heavy atom. The molecule has 3 heteroatoms. The lowest BCUT2D eigenvalue weighted by Crippen LogP contribution is -2.14. The van der Waals surface area contributed by atoms with Crippen LogP contribution >= 0.6 is 0 Å². The van der Waals surface area contributed by atoms with Crippen molar-refractivity contribution in [1.29, 1.82) is 0 Å². The largest absolute Gasteiger partial charge is 0.204 e. The van der Waals surface area contributed by atoms with Gasteiger partial charge in [-0.2, -0.15) is 0 Å². The molecule has 0 aliphatic rings. The SMILES string of the molecule is CCCCCC(CCC)C(CC)c1cc(F)c(F)c(F)c1. The maximum absolute atomic E-state index is 13.5. The van der Waals surface area contributed by atoms with Crippen molar-refractivity contribution in [1.82, 2.24) is 0 Å². The molecular weight excluding hydrogens is 273 g/mol. The first-order valence-corrected chi connectivity index (χ1v) is 8.19. The summed E-state index contributed by atoms with van der Waals surface area (Å²) >= 11 is 0. The number of hydrogen-bond donors (Lipinski definition) is 0. The maximum Gasteiger partial charge on any atom is 0.194 e. The van der Waals surface area contributed by atoms with Crippen molar-refractivity contribution >= 4 is 0 Å². The van der Waals surface area contributed by atoms with Crippen LogP contribution in [0.2, 0.25) is 0 Å². The monoisotopic (exact) mass is 300 g/mol. The van der Waals surface area contributed by atoms with E-state index in [2.05, 4.69) is 13.8 Å². The van der Waals surface area contributed by atoms with Crippen LogP contribution in [0.1, 0.15) is 77.2 Å². The van der Waals surface area contributed by atoms with Crippen LogP contribution in [-0.4, -0.2) is 0 Å².